The highest BCUT2D eigenvalue weighted by Crippen LogP contribution is 2.16. The molecule has 0 fully saturated rings. The maximum absolute atomic E-state index is 5.91. The number of rotatable bonds is 2. The van der Waals surface area contributed by atoms with E-state index in [0.717, 1.165) is 22.3 Å². The van der Waals surface area contributed by atoms with Gasteiger partial charge in [0.05, 0.1) is 17.8 Å². The topological polar surface area (TPSA) is 56.7 Å². The molecule has 96 valence electrons. The number of nitrogen functional groups attached to an aromatic ring is 1. The van der Waals surface area contributed by atoms with Crippen LogP contribution in [-0.4, -0.2) is 14.8 Å². The van der Waals surface area contributed by atoms with Crippen molar-refractivity contribution in [2.75, 3.05) is 5.73 Å². The maximum atomic E-state index is 5.91. The second-order valence-electron chi connectivity index (χ2n) is 4.85. The van der Waals surface area contributed by atoms with Crippen LogP contribution in [0.15, 0.2) is 36.4 Å². The fourth-order valence-electron chi connectivity index (χ4n) is 2.24. The lowest BCUT2D eigenvalue weighted by molar-refractivity contribution is 0.690. The van der Waals surface area contributed by atoms with E-state index in [-0.39, 0.29) is 0 Å². The van der Waals surface area contributed by atoms with Crippen LogP contribution >= 0.6 is 0 Å². The van der Waals surface area contributed by atoms with E-state index in [1.165, 1.54) is 5.56 Å². The fraction of sp³-hybridized carbons (Fsp3) is 0.200. The molecule has 0 aliphatic rings. The Balaban J connectivity index is 1.97. The number of nitrogens with two attached hydrogens (primary N) is 1. The highest BCUT2D eigenvalue weighted by Gasteiger charge is 2.04. The zero-order valence-electron chi connectivity index (χ0n) is 11.1. The largest absolute Gasteiger partial charge is 0.384 e. The van der Waals surface area contributed by atoms with Crippen LogP contribution < -0.4 is 5.73 Å². The smallest absolute Gasteiger partial charge is 0.122 e. The summed E-state index contributed by atoms with van der Waals surface area (Å²) in [7, 11) is 0. The number of benzene rings is 1. The summed E-state index contributed by atoms with van der Waals surface area (Å²) >= 11 is 0. The molecule has 2 heterocycles. The number of hydrogen-bond acceptors (Lipinski definition) is 3. The third-order valence-electron chi connectivity index (χ3n) is 3.16. The number of aromatic nitrogens is 3. The number of hydrogen-bond donors (Lipinski definition) is 1. The predicted octanol–water partition coefficient (Wildman–Crippen LogP) is 2.68. The number of nitrogens with zero attached hydrogens (tertiary/aromatic N) is 3. The second-order valence-corrected chi connectivity index (χ2v) is 4.85. The third kappa shape index (κ3) is 2.29. The van der Waals surface area contributed by atoms with E-state index >= 15 is 0 Å². The van der Waals surface area contributed by atoms with Gasteiger partial charge in [0.25, 0.3) is 0 Å². The van der Waals surface area contributed by atoms with Gasteiger partial charge in [-0.2, -0.15) is 5.10 Å². The first-order valence-corrected chi connectivity index (χ1v) is 6.28. The van der Waals surface area contributed by atoms with Crippen molar-refractivity contribution in [1.29, 1.82) is 0 Å². The molecule has 1 aromatic carbocycles. The highest BCUT2D eigenvalue weighted by molar-refractivity contribution is 5.79. The van der Waals surface area contributed by atoms with Crippen molar-refractivity contribution >= 4 is 16.7 Å². The molecule has 4 heteroatoms. The van der Waals surface area contributed by atoms with E-state index in [1.807, 2.05) is 36.7 Å². The van der Waals surface area contributed by atoms with Crippen molar-refractivity contribution in [2.24, 2.45) is 0 Å². The van der Waals surface area contributed by atoms with E-state index in [0.29, 0.717) is 12.4 Å². The summed E-state index contributed by atoms with van der Waals surface area (Å²) in [6, 6.07) is 12.3. The number of anilines is 1. The van der Waals surface area contributed by atoms with E-state index in [9.17, 15) is 0 Å². The summed E-state index contributed by atoms with van der Waals surface area (Å²) < 4.78 is 1.82. The summed E-state index contributed by atoms with van der Waals surface area (Å²) in [5, 5.41) is 5.52. The quantitative estimate of drug-likeness (QED) is 0.763. The normalized spacial score (nSPS) is 11.1. The predicted molar refractivity (Wildman–Crippen MR) is 77.0 cm³/mol. The van der Waals surface area contributed by atoms with Crippen LogP contribution in [0.2, 0.25) is 0 Å². The zero-order valence-corrected chi connectivity index (χ0v) is 11.1. The molecule has 3 aromatic rings. The lowest BCUT2D eigenvalue weighted by atomic mass is 10.1. The molecule has 0 aliphatic carbocycles. The van der Waals surface area contributed by atoms with Crippen molar-refractivity contribution in [1.82, 2.24) is 14.8 Å². The Bertz CT molecular complexity index is 743. The van der Waals surface area contributed by atoms with Gasteiger partial charge in [0.15, 0.2) is 0 Å². The first-order chi connectivity index (χ1) is 9.11. The van der Waals surface area contributed by atoms with Gasteiger partial charge in [-0.05, 0) is 37.6 Å². The Labute approximate surface area is 111 Å². The third-order valence-corrected chi connectivity index (χ3v) is 3.16. The first kappa shape index (κ1) is 11.7. The van der Waals surface area contributed by atoms with Crippen molar-refractivity contribution in [2.45, 2.75) is 20.4 Å². The molecule has 0 bridgehead atoms. The van der Waals surface area contributed by atoms with E-state index in [1.54, 1.807) is 0 Å². The van der Waals surface area contributed by atoms with Crippen LogP contribution in [-0.2, 0) is 6.54 Å². The minimum absolute atomic E-state index is 0.684. The molecule has 0 radical (unpaired) electrons. The van der Waals surface area contributed by atoms with Gasteiger partial charge in [-0.15, -0.1) is 0 Å². The van der Waals surface area contributed by atoms with Crippen LogP contribution in [0.25, 0.3) is 10.9 Å². The van der Waals surface area contributed by atoms with Crippen molar-refractivity contribution in [3.05, 3.63) is 53.3 Å². The first-order valence-electron chi connectivity index (χ1n) is 6.28. The van der Waals surface area contributed by atoms with Gasteiger partial charge in [0, 0.05) is 17.1 Å². The molecule has 0 aliphatic heterocycles. The van der Waals surface area contributed by atoms with Crippen molar-refractivity contribution in [3.8, 4) is 0 Å². The monoisotopic (exact) mass is 252 g/mol. The highest BCUT2D eigenvalue weighted by atomic mass is 15.3. The Kier molecular flexibility index (Phi) is 2.71. The van der Waals surface area contributed by atoms with E-state index < -0.39 is 0 Å². The van der Waals surface area contributed by atoms with Crippen LogP contribution in [0.4, 0.5) is 5.82 Å². The molecule has 0 unspecified atom stereocenters. The number of fused-ring (bicyclic) bond motifs is 1. The SMILES string of the molecule is Cc1ccc2cc(Cn3nc(C)cc3N)ccc2n1. The minimum atomic E-state index is 0.684. The maximum Gasteiger partial charge on any atom is 0.122 e. The molecule has 2 N–H and O–H groups in total. The number of aryl methyl sites for hydroxylation is 2. The molecule has 2 aromatic heterocycles. The fourth-order valence-corrected chi connectivity index (χ4v) is 2.24. The standard InChI is InChI=1S/C15H16N4/c1-10-3-5-13-8-12(4-6-14(13)17-10)9-19-15(16)7-11(2)18-19/h3-8H,9,16H2,1-2H3. The lowest BCUT2D eigenvalue weighted by Crippen LogP contribution is -2.05. The van der Waals surface area contributed by atoms with Crippen molar-refractivity contribution in [3.63, 3.8) is 0 Å². The molecule has 4 nitrogen and oxygen atoms in total. The summed E-state index contributed by atoms with van der Waals surface area (Å²) in [6.07, 6.45) is 0. The molecular formula is C15H16N4. The van der Waals surface area contributed by atoms with E-state index in [4.69, 9.17) is 5.73 Å². The average molecular weight is 252 g/mol. The van der Waals surface area contributed by atoms with Crippen LogP contribution in [0.1, 0.15) is 17.0 Å². The van der Waals surface area contributed by atoms with Gasteiger partial charge in [0.2, 0.25) is 0 Å². The van der Waals surface area contributed by atoms with Gasteiger partial charge >= 0.3 is 0 Å². The summed E-state index contributed by atoms with van der Waals surface area (Å²) in [5.41, 5.74) is 10.1. The molecule has 0 saturated heterocycles. The average Bonchev–Trinajstić information content (AvgIpc) is 2.68. The molecule has 0 amide bonds. The molecular weight excluding hydrogens is 236 g/mol. The molecule has 0 spiro atoms. The Morgan fingerprint density at radius 2 is 1.89 bits per heavy atom. The van der Waals surface area contributed by atoms with Gasteiger partial charge in [-0.3, -0.25) is 4.98 Å². The molecule has 19 heavy (non-hydrogen) atoms. The van der Waals surface area contributed by atoms with Crippen LogP contribution in [0, 0.1) is 13.8 Å². The zero-order chi connectivity index (χ0) is 13.4. The van der Waals surface area contributed by atoms with Gasteiger partial charge in [-0.25, -0.2) is 4.68 Å². The summed E-state index contributed by atoms with van der Waals surface area (Å²) in [5.74, 6) is 0.694. The van der Waals surface area contributed by atoms with Crippen LogP contribution in [0.3, 0.4) is 0 Å². The second kappa shape index (κ2) is 4.39. The Morgan fingerprint density at radius 3 is 2.63 bits per heavy atom. The van der Waals surface area contributed by atoms with Gasteiger partial charge in [0.1, 0.15) is 5.82 Å². The molecule has 0 saturated carbocycles. The minimum Gasteiger partial charge on any atom is -0.384 e. The van der Waals surface area contributed by atoms with Crippen molar-refractivity contribution < 1.29 is 0 Å². The Morgan fingerprint density at radius 1 is 1.05 bits per heavy atom. The van der Waals surface area contributed by atoms with Crippen LogP contribution in [0.5, 0.6) is 0 Å². The number of pyridine rings is 1. The summed E-state index contributed by atoms with van der Waals surface area (Å²) in [4.78, 5) is 4.50. The van der Waals surface area contributed by atoms with Gasteiger partial charge < -0.3 is 5.73 Å². The van der Waals surface area contributed by atoms with Gasteiger partial charge in [-0.1, -0.05) is 12.1 Å². The lowest BCUT2D eigenvalue weighted by Gasteiger charge is -2.06. The molecule has 0 atom stereocenters. The van der Waals surface area contributed by atoms with E-state index in [2.05, 4.69) is 28.3 Å². The summed E-state index contributed by atoms with van der Waals surface area (Å²) in [6.45, 7) is 4.63. The molecule has 3 rings (SSSR count). The Hall–Kier alpha value is -2.36.